The van der Waals surface area contributed by atoms with E-state index in [1.54, 1.807) is 0 Å². The highest BCUT2D eigenvalue weighted by Crippen LogP contribution is 2.34. The second-order valence-electron chi connectivity index (χ2n) is 6.56. The maximum atomic E-state index is 4.54. The molecule has 2 heterocycles. The molecule has 1 aromatic heterocycles. The average Bonchev–Trinajstić information content (AvgIpc) is 2.49. The third-order valence-corrected chi connectivity index (χ3v) is 5.68. The molecule has 1 aliphatic rings. The van der Waals surface area contributed by atoms with Crippen LogP contribution in [0.2, 0.25) is 0 Å². The number of nitrogens with one attached hydrogen (secondary N) is 1. The first-order valence-corrected chi connectivity index (χ1v) is 8.96. The van der Waals surface area contributed by atoms with Gasteiger partial charge in [0.15, 0.2) is 0 Å². The minimum absolute atomic E-state index is 0.419. The lowest BCUT2D eigenvalue weighted by Crippen LogP contribution is -2.47. The maximum Gasteiger partial charge on any atom is 0.0734 e. The monoisotopic (exact) mass is 300 g/mol. The minimum atomic E-state index is 0.419. The van der Waals surface area contributed by atoms with Crippen molar-refractivity contribution in [3.63, 3.8) is 0 Å². The van der Waals surface area contributed by atoms with E-state index in [0.29, 0.717) is 11.5 Å². The van der Waals surface area contributed by atoms with E-state index in [4.69, 9.17) is 0 Å². The fourth-order valence-electron chi connectivity index (χ4n) is 3.02. The van der Waals surface area contributed by atoms with E-state index in [9.17, 15) is 0 Å². The van der Waals surface area contributed by atoms with Crippen LogP contribution in [0.25, 0.3) is 10.9 Å². The Hall–Kier alpha value is -1.06. The topological polar surface area (TPSA) is 24.9 Å². The molecule has 3 heteroatoms. The number of nitrogens with zero attached hydrogens (tertiary/aromatic N) is 1. The van der Waals surface area contributed by atoms with Gasteiger partial charge in [0.1, 0.15) is 0 Å². The summed E-state index contributed by atoms with van der Waals surface area (Å²) in [7, 11) is 0. The van der Waals surface area contributed by atoms with Crippen LogP contribution < -0.4 is 5.32 Å². The van der Waals surface area contributed by atoms with E-state index < -0.39 is 0 Å². The van der Waals surface area contributed by atoms with Crippen molar-refractivity contribution in [1.82, 2.24) is 10.3 Å². The molecular weight excluding hydrogens is 276 g/mol. The Morgan fingerprint density at radius 3 is 3.00 bits per heavy atom. The van der Waals surface area contributed by atoms with Gasteiger partial charge in [-0.3, -0.25) is 4.98 Å². The van der Waals surface area contributed by atoms with E-state index >= 15 is 0 Å². The van der Waals surface area contributed by atoms with Gasteiger partial charge < -0.3 is 5.32 Å². The SMILES string of the molecule is CC1(C)CCSCC1NCCc1cccc2cccnc12. The molecular formula is C18H24N2S. The van der Waals surface area contributed by atoms with Crippen LogP contribution >= 0.6 is 11.8 Å². The van der Waals surface area contributed by atoms with Gasteiger partial charge in [0, 0.05) is 23.4 Å². The van der Waals surface area contributed by atoms with Crippen molar-refractivity contribution in [1.29, 1.82) is 0 Å². The Balaban J connectivity index is 1.64. The number of pyridine rings is 1. The van der Waals surface area contributed by atoms with Gasteiger partial charge >= 0.3 is 0 Å². The lowest BCUT2D eigenvalue weighted by molar-refractivity contribution is 0.247. The van der Waals surface area contributed by atoms with Gasteiger partial charge in [-0.1, -0.05) is 38.1 Å². The summed E-state index contributed by atoms with van der Waals surface area (Å²) in [5, 5.41) is 5.02. The zero-order valence-electron chi connectivity index (χ0n) is 12.9. The summed E-state index contributed by atoms with van der Waals surface area (Å²) < 4.78 is 0. The smallest absolute Gasteiger partial charge is 0.0734 e. The van der Waals surface area contributed by atoms with Crippen molar-refractivity contribution in [3.05, 3.63) is 42.1 Å². The first-order valence-electron chi connectivity index (χ1n) is 7.80. The van der Waals surface area contributed by atoms with Crippen molar-refractivity contribution in [2.45, 2.75) is 32.7 Å². The number of fused-ring (bicyclic) bond motifs is 1. The standard InChI is InChI=1S/C18H24N2S/c1-18(2)9-12-21-13-16(18)19-11-8-15-6-3-5-14-7-4-10-20-17(14)15/h3-7,10,16,19H,8-9,11-13H2,1-2H3. The number of hydrogen-bond donors (Lipinski definition) is 1. The molecule has 0 aliphatic carbocycles. The molecule has 0 spiro atoms. The normalized spacial score (nSPS) is 21.5. The fraction of sp³-hybridized carbons (Fsp3) is 0.500. The first kappa shape index (κ1) is 14.9. The molecule has 2 nitrogen and oxygen atoms in total. The van der Waals surface area contributed by atoms with Gasteiger partial charge in [-0.05, 0) is 42.2 Å². The van der Waals surface area contributed by atoms with Gasteiger partial charge in [0.05, 0.1) is 5.52 Å². The Bertz CT molecular complexity index is 604. The quantitative estimate of drug-likeness (QED) is 0.927. The maximum absolute atomic E-state index is 4.54. The average molecular weight is 300 g/mol. The third kappa shape index (κ3) is 3.41. The number of thioether (sulfide) groups is 1. The summed E-state index contributed by atoms with van der Waals surface area (Å²) in [6.45, 7) is 5.82. The molecule has 1 unspecified atom stereocenters. The highest BCUT2D eigenvalue weighted by atomic mass is 32.2. The number of aromatic nitrogens is 1. The Morgan fingerprint density at radius 2 is 2.14 bits per heavy atom. The molecule has 3 rings (SSSR count). The zero-order chi connectivity index (χ0) is 14.7. The molecule has 1 fully saturated rings. The highest BCUT2D eigenvalue weighted by molar-refractivity contribution is 7.99. The van der Waals surface area contributed by atoms with Crippen LogP contribution in [0.3, 0.4) is 0 Å². The van der Waals surface area contributed by atoms with Crippen molar-refractivity contribution >= 4 is 22.7 Å². The molecule has 2 aromatic rings. The van der Waals surface area contributed by atoms with E-state index in [2.05, 4.69) is 60.2 Å². The molecule has 1 N–H and O–H groups in total. The van der Waals surface area contributed by atoms with E-state index in [1.807, 2.05) is 12.3 Å². The van der Waals surface area contributed by atoms with Crippen molar-refractivity contribution in [3.8, 4) is 0 Å². The number of para-hydroxylation sites is 1. The van der Waals surface area contributed by atoms with Gasteiger partial charge in [-0.15, -0.1) is 0 Å². The van der Waals surface area contributed by atoms with Crippen LogP contribution in [0.5, 0.6) is 0 Å². The molecule has 1 aliphatic heterocycles. The molecule has 0 radical (unpaired) electrons. The summed E-state index contributed by atoms with van der Waals surface area (Å²) in [5.41, 5.74) is 2.92. The van der Waals surface area contributed by atoms with Crippen LogP contribution in [-0.4, -0.2) is 29.1 Å². The minimum Gasteiger partial charge on any atom is -0.312 e. The summed E-state index contributed by atoms with van der Waals surface area (Å²) in [6.07, 6.45) is 4.25. The van der Waals surface area contributed by atoms with Crippen LogP contribution in [0.1, 0.15) is 25.8 Å². The van der Waals surface area contributed by atoms with Crippen LogP contribution in [0.4, 0.5) is 0 Å². The van der Waals surface area contributed by atoms with E-state index in [0.717, 1.165) is 18.5 Å². The van der Waals surface area contributed by atoms with Gasteiger partial charge in [-0.25, -0.2) is 0 Å². The lowest BCUT2D eigenvalue weighted by Gasteiger charge is -2.39. The zero-order valence-corrected chi connectivity index (χ0v) is 13.7. The molecule has 0 bridgehead atoms. The second-order valence-corrected chi connectivity index (χ2v) is 7.71. The molecule has 1 atom stereocenters. The molecule has 21 heavy (non-hydrogen) atoms. The second kappa shape index (κ2) is 6.37. The largest absolute Gasteiger partial charge is 0.312 e. The predicted molar refractivity (Wildman–Crippen MR) is 93.0 cm³/mol. The van der Waals surface area contributed by atoms with Crippen molar-refractivity contribution < 1.29 is 0 Å². The summed E-state index contributed by atoms with van der Waals surface area (Å²) in [5.74, 6) is 2.54. The van der Waals surface area contributed by atoms with Crippen LogP contribution in [-0.2, 0) is 6.42 Å². The summed E-state index contributed by atoms with van der Waals surface area (Å²) in [4.78, 5) is 4.54. The summed E-state index contributed by atoms with van der Waals surface area (Å²) in [6, 6.07) is 11.3. The number of benzene rings is 1. The van der Waals surface area contributed by atoms with Crippen LogP contribution in [0, 0.1) is 5.41 Å². The molecule has 1 aromatic carbocycles. The molecule has 112 valence electrons. The Labute approximate surface area is 131 Å². The number of rotatable bonds is 4. The van der Waals surface area contributed by atoms with Crippen LogP contribution in [0.15, 0.2) is 36.5 Å². The highest BCUT2D eigenvalue weighted by Gasteiger charge is 2.31. The van der Waals surface area contributed by atoms with E-state index in [-0.39, 0.29) is 0 Å². The van der Waals surface area contributed by atoms with Crippen molar-refractivity contribution in [2.75, 3.05) is 18.1 Å². The molecule has 0 amide bonds. The van der Waals surface area contributed by atoms with Gasteiger partial charge in [-0.2, -0.15) is 11.8 Å². The summed E-state index contributed by atoms with van der Waals surface area (Å²) >= 11 is 2.08. The fourth-order valence-corrected chi connectivity index (χ4v) is 4.66. The Kier molecular flexibility index (Phi) is 4.51. The Morgan fingerprint density at radius 1 is 1.29 bits per heavy atom. The van der Waals surface area contributed by atoms with Crippen molar-refractivity contribution in [2.24, 2.45) is 5.41 Å². The molecule has 0 saturated carbocycles. The number of hydrogen-bond acceptors (Lipinski definition) is 3. The first-order chi connectivity index (χ1) is 10.2. The predicted octanol–water partition coefficient (Wildman–Crippen LogP) is 3.90. The molecule has 1 saturated heterocycles. The van der Waals surface area contributed by atoms with E-state index in [1.165, 1.54) is 28.9 Å². The lowest BCUT2D eigenvalue weighted by atomic mass is 9.82. The third-order valence-electron chi connectivity index (χ3n) is 4.62. The van der Waals surface area contributed by atoms with Gasteiger partial charge in [0.2, 0.25) is 0 Å². The van der Waals surface area contributed by atoms with Gasteiger partial charge in [0.25, 0.3) is 0 Å².